The Kier molecular flexibility index (Phi) is 7.28. The number of carbonyl (C=O) groups is 2. The zero-order chi connectivity index (χ0) is 24.7. The van der Waals surface area contributed by atoms with Crippen LogP contribution in [0.15, 0.2) is 97.3 Å². The van der Waals surface area contributed by atoms with Gasteiger partial charge in [-0.15, -0.1) is 5.48 Å². The van der Waals surface area contributed by atoms with Crippen LogP contribution in [0, 0.1) is 0 Å². The molecule has 1 saturated heterocycles. The molecule has 0 aromatic heterocycles. The van der Waals surface area contributed by atoms with E-state index in [1.165, 1.54) is 4.90 Å². The van der Waals surface area contributed by atoms with Crippen molar-refractivity contribution in [3.63, 3.8) is 0 Å². The van der Waals surface area contributed by atoms with E-state index in [4.69, 9.17) is 14.3 Å². The minimum atomic E-state index is -0.587. The van der Waals surface area contributed by atoms with Crippen LogP contribution in [0.2, 0.25) is 0 Å². The Morgan fingerprint density at radius 2 is 1.67 bits per heavy atom. The number of nitrogens with zero attached hydrogens (tertiary/aromatic N) is 1. The number of rotatable bonds is 9. The fourth-order valence-corrected chi connectivity index (χ4v) is 4.59. The smallest absolute Gasteiger partial charge is 0.416 e. The van der Waals surface area contributed by atoms with Crippen molar-refractivity contribution in [2.75, 3.05) is 6.61 Å². The molecule has 1 fully saturated rings. The number of imide groups is 1. The first kappa shape index (κ1) is 23.6. The van der Waals surface area contributed by atoms with Gasteiger partial charge in [0.1, 0.15) is 25.2 Å². The van der Waals surface area contributed by atoms with E-state index in [0.29, 0.717) is 13.0 Å². The summed E-state index contributed by atoms with van der Waals surface area (Å²) in [6, 6.07) is 26.9. The normalized spacial score (nSPS) is 19.6. The van der Waals surface area contributed by atoms with Crippen LogP contribution in [0.25, 0.3) is 0 Å². The SMILES string of the molecule is O=C(CC(c1ccc(OCc2ccccc2)cc1)[C@H]1C=CON1)N1C(=O)OC[C@@H]1Cc1ccccc1. The van der Waals surface area contributed by atoms with Crippen molar-refractivity contribution in [2.45, 2.75) is 37.5 Å². The van der Waals surface area contributed by atoms with E-state index in [2.05, 4.69) is 5.48 Å². The van der Waals surface area contributed by atoms with Crippen LogP contribution in [-0.4, -0.2) is 35.6 Å². The summed E-state index contributed by atoms with van der Waals surface area (Å²) in [5.74, 6) is 0.227. The lowest BCUT2D eigenvalue weighted by atomic mass is 9.88. The largest absolute Gasteiger partial charge is 0.489 e. The number of hydrogen-bond donors (Lipinski definition) is 1. The molecular formula is C29H28N2O5. The molecule has 36 heavy (non-hydrogen) atoms. The van der Waals surface area contributed by atoms with Gasteiger partial charge in [0.25, 0.3) is 0 Å². The first-order valence-electron chi connectivity index (χ1n) is 12.0. The van der Waals surface area contributed by atoms with Crippen molar-refractivity contribution in [2.24, 2.45) is 0 Å². The molecule has 0 bridgehead atoms. The van der Waals surface area contributed by atoms with E-state index in [0.717, 1.165) is 22.4 Å². The van der Waals surface area contributed by atoms with Gasteiger partial charge in [0.05, 0.1) is 12.1 Å². The Labute approximate surface area is 210 Å². The van der Waals surface area contributed by atoms with Gasteiger partial charge in [-0.25, -0.2) is 9.69 Å². The summed E-state index contributed by atoms with van der Waals surface area (Å²) in [5, 5.41) is 0. The number of hydrogen-bond acceptors (Lipinski definition) is 6. The lowest BCUT2D eigenvalue weighted by Gasteiger charge is -2.26. The van der Waals surface area contributed by atoms with Crippen molar-refractivity contribution < 1.29 is 23.9 Å². The fourth-order valence-electron chi connectivity index (χ4n) is 4.59. The van der Waals surface area contributed by atoms with E-state index >= 15 is 0 Å². The van der Waals surface area contributed by atoms with E-state index in [1.54, 1.807) is 6.26 Å². The molecule has 3 atom stereocenters. The number of nitrogens with one attached hydrogen (secondary N) is 1. The van der Waals surface area contributed by atoms with Gasteiger partial charge in [-0.1, -0.05) is 72.8 Å². The lowest BCUT2D eigenvalue weighted by molar-refractivity contribution is -0.129. The third-order valence-electron chi connectivity index (χ3n) is 6.49. The molecular weight excluding hydrogens is 456 g/mol. The zero-order valence-electron chi connectivity index (χ0n) is 19.8. The number of hydroxylamine groups is 1. The van der Waals surface area contributed by atoms with E-state index in [1.807, 2.05) is 91.0 Å². The molecule has 1 N–H and O–H groups in total. The van der Waals surface area contributed by atoms with Crippen LogP contribution in [0.5, 0.6) is 5.75 Å². The minimum Gasteiger partial charge on any atom is -0.489 e. The molecule has 2 amide bonds. The predicted octanol–water partition coefficient (Wildman–Crippen LogP) is 4.75. The molecule has 3 aromatic carbocycles. The highest BCUT2D eigenvalue weighted by Crippen LogP contribution is 2.30. The summed E-state index contributed by atoms with van der Waals surface area (Å²) in [6.07, 6.45) is 3.54. The van der Waals surface area contributed by atoms with E-state index in [9.17, 15) is 9.59 Å². The quantitative estimate of drug-likeness (QED) is 0.473. The number of amides is 2. The van der Waals surface area contributed by atoms with Gasteiger partial charge in [0, 0.05) is 12.3 Å². The van der Waals surface area contributed by atoms with Crippen LogP contribution in [0.1, 0.15) is 29.0 Å². The Bertz CT molecular complexity index is 1200. The van der Waals surface area contributed by atoms with Gasteiger partial charge in [0.15, 0.2) is 0 Å². The van der Waals surface area contributed by atoms with Gasteiger partial charge in [0.2, 0.25) is 5.91 Å². The highest BCUT2D eigenvalue weighted by atomic mass is 16.6. The first-order chi connectivity index (χ1) is 17.7. The topological polar surface area (TPSA) is 77.1 Å². The molecule has 7 heteroatoms. The van der Waals surface area contributed by atoms with Gasteiger partial charge < -0.3 is 14.3 Å². The summed E-state index contributed by atoms with van der Waals surface area (Å²) in [5.41, 5.74) is 6.02. The Morgan fingerprint density at radius 3 is 2.33 bits per heavy atom. The average Bonchev–Trinajstić information content (AvgIpc) is 3.58. The molecule has 1 unspecified atom stereocenters. The maximum absolute atomic E-state index is 13.4. The molecule has 2 aliphatic rings. The summed E-state index contributed by atoms with van der Waals surface area (Å²) in [7, 11) is 0. The van der Waals surface area contributed by atoms with E-state index < -0.39 is 6.09 Å². The first-order valence-corrected chi connectivity index (χ1v) is 12.0. The Morgan fingerprint density at radius 1 is 0.972 bits per heavy atom. The lowest BCUT2D eigenvalue weighted by Crippen LogP contribution is -2.42. The third-order valence-corrected chi connectivity index (χ3v) is 6.49. The van der Waals surface area contributed by atoms with Crippen molar-refractivity contribution in [3.8, 4) is 5.75 Å². The minimum absolute atomic E-state index is 0.121. The van der Waals surface area contributed by atoms with Crippen LogP contribution in [0.3, 0.4) is 0 Å². The van der Waals surface area contributed by atoms with Gasteiger partial charge in [-0.3, -0.25) is 4.79 Å². The molecule has 0 saturated carbocycles. The van der Waals surface area contributed by atoms with Crippen LogP contribution < -0.4 is 10.2 Å². The van der Waals surface area contributed by atoms with Crippen LogP contribution >= 0.6 is 0 Å². The average molecular weight is 485 g/mol. The second-order valence-electron chi connectivity index (χ2n) is 8.93. The summed E-state index contributed by atoms with van der Waals surface area (Å²) in [6.45, 7) is 0.672. The Hall–Kier alpha value is -4.10. The second kappa shape index (κ2) is 11.1. The molecule has 0 aliphatic carbocycles. The summed E-state index contributed by atoms with van der Waals surface area (Å²) >= 11 is 0. The second-order valence-corrected chi connectivity index (χ2v) is 8.93. The van der Waals surface area contributed by atoms with Crippen molar-refractivity contribution in [3.05, 3.63) is 114 Å². The zero-order valence-corrected chi connectivity index (χ0v) is 19.8. The highest BCUT2D eigenvalue weighted by molar-refractivity contribution is 5.94. The highest BCUT2D eigenvalue weighted by Gasteiger charge is 2.39. The molecule has 184 valence electrons. The predicted molar refractivity (Wildman–Crippen MR) is 134 cm³/mol. The molecule has 0 spiro atoms. The molecule has 2 aliphatic heterocycles. The molecule has 2 heterocycles. The molecule has 0 radical (unpaired) electrons. The summed E-state index contributed by atoms with van der Waals surface area (Å²) < 4.78 is 11.2. The molecule has 7 nitrogen and oxygen atoms in total. The standard InChI is InChI=1S/C29H28N2O5/c32-28(31-24(20-35-29(31)33)17-21-7-3-1-4-8-21)18-26(27-15-16-36-30-27)23-11-13-25(14-12-23)34-19-22-9-5-2-6-10-22/h1-16,24,26-27,30H,17-20H2/t24-,26?,27+/m0/s1. The van der Waals surface area contributed by atoms with Crippen molar-refractivity contribution >= 4 is 12.0 Å². The molecule has 3 aromatic rings. The van der Waals surface area contributed by atoms with Gasteiger partial charge in [-0.05, 0) is 41.3 Å². The monoisotopic (exact) mass is 484 g/mol. The number of benzene rings is 3. The number of ether oxygens (including phenoxy) is 2. The molecule has 5 rings (SSSR count). The van der Waals surface area contributed by atoms with Crippen LogP contribution in [0.4, 0.5) is 4.79 Å². The maximum Gasteiger partial charge on any atom is 0.416 e. The Balaban J connectivity index is 1.29. The van der Waals surface area contributed by atoms with Gasteiger partial charge >= 0.3 is 6.09 Å². The van der Waals surface area contributed by atoms with Crippen molar-refractivity contribution in [1.29, 1.82) is 0 Å². The van der Waals surface area contributed by atoms with Crippen LogP contribution in [-0.2, 0) is 27.4 Å². The fraction of sp³-hybridized carbons (Fsp3) is 0.241. The van der Waals surface area contributed by atoms with Gasteiger partial charge in [-0.2, -0.15) is 0 Å². The summed E-state index contributed by atoms with van der Waals surface area (Å²) in [4.78, 5) is 32.4. The number of carbonyl (C=O) groups excluding carboxylic acids is 2. The maximum atomic E-state index is 13.4. The third kappa shape index (κ3) is 5.58. The number of cyclic esters (lactones) is 1. The van der Waals surface area contributed by atoms with E-state index in [-0.39, 0.29) is 36.9 Å². The van der Waals surface area contributed by atoms with Crippen molar-refractivity contribution in [1.82, 2.24) is 10.4 Å².